The van der Waals surface area contributed by atoms with Crippen LogP contribution in [-0.2, 0) is 14.4 Å². The fourth-order valence-electron chi connectivity index (χ4n) is 2.57. The van der Waals surface area contributed by atoms with Gasteiger partial charge in [-0.1, -0.05) is 0 Å². The lowest BCUT2D eigenvalue weighted by Crippen LogP contribution is -2.49. The molecule has 1 aliphatic rings. The third kappa shape index (κ3) is 5.00. The molecule has 0 aromatic heterocycles. The van der Waals surface area contributed by atoms with Crippen molar-refractivity contribution in [2.45, 2.75) is 32.7 Å². The van der Waals surface area contributed by atoms with E-state index in [1.807, 2.05) is 0 Å². The quantitative estimate of drug-likeness (QED) is 0.557. The number of anilines is 1. The van der Waals surface area contributed by atoms with Gasteiger partial charge in [-0.05, 0) is 49.2 Å². The van der Waals surface area contributed by atoms with Gasteiger partial charge >= 0.3 is 11.8 Å². The Morgan fingerprint density at radius 1 is 1.23 bits per heavy atom. The highest BCUT2D eigenvalue weighted by Gasteiger charge is 2.34. The minimum Gasteiger partial charge on any atom is -0.343 e. The molecule has 1 heterocycles. The van der Waals surface area contributed by atoms with Crippen LogP contribution in [-0.4, -0.2) is 41.2 Å². The van der Waals surface area contributed by atoms with E-state index < -0.39 is 40.8 Å². The van der Waals surface area contributed by atoms with E-state index in [9.17, 15) is 23.2 Å². The van der Waals surface area contributed by atoms with Crippen molar-refractivity contribution in [1.29, 1.82) is 0 Å². The molecule has 1 aromatic rings. The zero-order chi connectivity index (χ0) is 19.6. The monoisotopic (exact) mass is 431 g/mol. The number of hydrogen-bond donors (Lipinski definition) is 2. The van der Waals surface area contributed by atoms with Crippen molar-refractivity contribution in [1.82, 2.24) is 10.2 Å². The fraction of sp³-hybridized carbons (Fsp3) is 0.471. The number of carbonyl (C=O) groups is 3. The van der Waals surface area contributed by atoms with E-state index in [0.29, 0.717) is 6.42 Å². The number of benzene rings is 1. The Labute approximate surface area is 158 Å². The molecule has 2 rings (SSSR count). The highest BCUT2D eigenvalue weighted by atomic mass is 79.9. The van der Waals surface area contributed by atoms with Gasteiger partial charge in [0.25, 0.3) is 0 Å². The molecule has 26 heavy (non-hydrogen) atoms. The van der Waals surface area contributed by atoms with Gasteiger partial charge in [0.15, 0.2) is 11.6 Å². The molecule has 0 saturated carbocycles. The van der Waals surface area contributed by atoms with Crippen molar-refractivity contribution in [2.75, 3.05) is 18.4 Å². The summed E-state index contributed by atoms with van der Waals surface area (Å²) in [6, 6.07) is 2.14. The minimum atomic E-state index is -1.09. The molecule has 0 radical (unpaired) electrons. The molecule has 3 amide bonds. The number of carbonyl (C=O) groups excluding carboxylic acids is 3. The van der Waals surface area contributed by atoms with Gasteiger partial charge in [-0.25, -0.2) is 8.78 Å². The topological polar surface area (TPSA) is 78.5 Å². The molecule has 2 N–H and O–H groups in total. The van der Waals surface area contributed by atoms with Gasteiger partial charge in [0.05, 0.1) is 10.4 Å². The Morgan fingerprint density at radius 2 is 1.88 bits per heavy atom. The summed E-state index contributed by atoms with van der Waals surface area (Å²) in [5.74, 6) is -4.49. The van der Waals surface area contributed by atoms with Gasteiger partial charge < -0.3 is 15.5 Å². The number of rotatable bonds is 2. The Morgan fingerprint density at radius 3 is 2.46 bits per heavy atom. The number of likely N-dealkylation sites (tertiary alicyclic amines) is 1. The van der Waals surface area contributed by atoms with E-state index in [4.69, 9.17) is 0 Å². The lowest BCUT2D eigenvalue weighted by atomic mass is 10.1. The van der Waals surface area contributed by atoms with Crippen LogP contribution in [0.25, 0.3) is 0 Å². The maximum absolute atomic E-state index is 13.4. The van der Waals surface area contributed by atoms with Gasteiger partial charge in [0.2, 0.25) is 5.91 Å². The summed E-state index contributed by atoms with van der Waals surface area (Å²) in [5, 5.41) is 5.09. The summed E-state index contributed by atoms with van der Waals surface area (Å²) in [6.45, 7) is 5.65. The predicted octanol–water partition coefficient (Wildman–Crippen LogP) is 2.43. The van der Waals surface area contributed by atoms with Crippen LogP contribution in [0, 0.1) is 17.6 Å². The van der Waals surface area contributed by atoms with Crippen molar-refractivity contribution in [3.05, 3.63) is 28.2 Å². The van der Waals surface area contributed by atoms with Gasteiger partial charge in [-0.3, -0.25) is 14.4 Å². The van der Waals surface area contributed by atoms with Crippen LogP contribution >= 0.6 is 15.9 Å². The Hall–Kier alpha value is -2.03. The number of nitrogens with one attached hydrogen (secondary N) is 2. The highest BCUT2D eigenvalue weighted by molar-refractivity contribution is 9.10. The second kappa shape index (κ2) is 7.69. The van der Waals surface area contributed by atoms with Crippen LogP contribution in [0.5, 0.6) is 0 Å². The summed E-state index contributed by atoms with van der Waals surface area (Å²) in [4.78, 5) is 37.7. The summed E-state index contributed by atoms with van der Waals surface area (Å²) >= 11 is 2.88. The maximum atomic E-state index is 13.4. The molecule has 0 bridgehead atoms. The van der Waals surface area contributed by atoms with Crippen LogP contribution in [0.15, 0.2) is 16.6 Å². The van der Waals surface area contributed by atoms with Crippen LogP contribution in [0.1, 0.15) is 27.2 Å². The van der Waals surface area contributed by atoms with Crippen LogP contribution < -0.4 is 10.6 Å². The third-order valence-corrected chi connectivity index (χ3v) is 4.36. The zero-order valence-corrected chi connectivity index (χ0v) is 16.2. The van der Waals surface area contributed by atoms with Crippen LogP contribution in [0.3, 0.4) is 0 Å². The van der Waals surface area contributed by atoms with Gasteiger partial charge in [0.1, 0.15) is 0 Å². The average Bonchev–Trinajstić information content (AvgIpc) is 3.00. The van der Waals surface area contributed by atoms with Crippen molar-refractivity contribution >= 4 is 39.3 Å². The molecular formula is C17H20BrF2N3O3. The molecule has 1 unspecified atom stereocenters. The van der Waals surface area contributed by atoms with Crippen molar-refractivity contribution in [3.8, 4) is 0 Å². The smallest absolute Gasteiger partial charge is 0.311 e. The van der Waals surface area contributed by atoms with E-state index in [1.54, 1.807) is 20.8 Å². The summed E-state index contributed by atoms with van der Waals surface area (Å²) < 4.78 is 26.6. The molecule has 9 heteroatoms. The minimum absolute atomic E-state index is 0.0904. The summed E-state index contributed by atoms with van der Waals surface area (Å²) in [7, 11) is 0. The number of halogens is 3. The molecule has 1 saturated heterocycles. The fourth-order valence-corrected chi connectivity index (χ4v) is 3.00. The standard InChI is InChI=1S/C17H20BrF2N3O3/c1-17(2,3)22-15(25)16(26)23-5-4-9(8-23)14(24)21-10-6-11(18)13(20)12(19)7-10/h6-7,9H,4-5,8H2,1-3H3,(H,21,24)(H,22,25). The highest BCUT2D eigenvalue weighted by Crippen LogP contribution is 2.25. The lowest BCUT2D eigenvalue weighted by Gasteiger charge is -2.22. The van der Waals surface area contributed by atoms with E-state index in [0.717, 1.165) is 6.07 Å². The molecule has 0 spiro atoms. The summed E-state index contributed by atoms with van der Waals surface area (Å²) in [5.41, 5.74) is -0.431. The SMILES string of the molecule is CC(C)(C)NC(=O)C(=O)N1CCC(C(=O)Nc2cc(F)c(F)c(Br)c2)C1. The number of amides is 3. The Balaban J connectivity index is 1.97. The molecule has 142 valence electrons. The van der Waals surface area contributed by atoms with Crippen LogP contribution in [0.2, 0.25) is 0 Å². The molecular weight excluding hydrogens is 412 g/mol. The first-order valence-electron chi connectivity index (χ1n) is 8.05. The molecule has 1 atom stereocenters. The molecule has 6 nitrogen and oxygen atoms in total. The first-order chi connectivity index (χ1) is 12.0. The first kappa shape index (κ1) is 20.3. The number of hydrogen-bond acceptors (Lipinski definition) is 3. The van der Waals surface area contributed by atoms with Gasteiger partial charge in [-0.15, -0.1) is 0 Å². The largest absolute Gasteiger partial charge is 0.343 e. The van der Waals surface area contributed by atoms with Crippen LogP contribution in [0.4, 0.5) is 14.5 Å². The normalized spacial score (nSPS) is 17.2. The second-order valence-electron chi connectivity index (χ2n) is 7.18. The molecule has 1 aromatic carbocycles. The van der Waals surface area contributed by atoms with Crippen molar-refractivity contribution in [2.24, 2.45) is 5.92 Å². The molecule has 1 aliphatic heterocycles. The molecule has 0 aliphatic carbocycles. The van der Waals surface area contributed by atoms with E-state index in [2.05, 4.69) is 26.6 Å². The zero-order valence-electron chi connectivity index (χ0n) is 14.7. The Bertz CT molecular complexity index is 726. The molecule has 1 fully saturated rings. The third-order valence-electron chi connectivity index (χ3n) is 3.78. The maximum Gasteiger partial charge on any atom is 0.311 e. The second-order valence-corrected chi connectivity index (χ2v) is 8.04. The van der Waals surface area contributed by atoms with E-state index in [-0.39, 0.29) is 23.2 Å². The van der Waals surface area contributed by atoms with Crippen molar-refractivity contribution < 1.29 is 23.2 Å². The average molecular weight is 432 g/mol. The van der Waals surface area contributed by atoms with E-state index in [1.165, 1.54) is 11.0 Å². The predicted molar refractivity (Wildman–Crippen MR) is 95.3 cm³/mol. The van der Waals surface area contributed by atoms with Crippen molar-refractivity contribution in [3.63, 3.8) is 0 Å². The lowest BCUT2D eigenvalue weighted by molar-refractivity contribution is -0.146. The Kier molecular flexibility index (Phi) is 6.00. The number of nitrogens with zero attached hydrogens (tertiary/aromatic N) is 1. The first-order valence-corrected chi connectivity index (χ1v) is 8.84. The van der Waals surface area contributed by atoms with Gasteiger partial charge in [0, 0.05) is 30.4 Å². The summed E-state index contributed by atoms with van der Waals surface area (Å²) in [6.07, 6.45) is 0.380. The van der Waals surface area contributed by atoms with E-state index >= 15 is 0 Å². The van der Waals surface area contributed by atoms with Gasteiger partial charge in [-0.2, -0.15) is 0 Å².